The maximum atomic E-state index is 5.86. The zero-order valence-corrected chi connectivity index (χ0v) is 12.5. The van der Waals surface area contributed by atoms with Crippen molar-refractivity contribution in [2.45, 2.75) is 44.8 Å². The van der Waals surface area contributed by atoms with Gasteiger partial charge in [-0.15, -0.1) is 0 Å². The summed E-state index contributed by atoms with van der Waals surface area (Å²) in [4.78, 5) is 2.34. The molecule has 1 aliphatic carbocycles. The molecule has 1 fully saturated rings. The fourth-order valence-corrected chi connectivity index (χ4v) is 3.32. The second kappa shape index (κ2) is 6.59. The third-order valence-corrected chi connectivity index (χ3v) is 4.54. The van der Waals surface area contributed by atoms with Gasteiger partial charge in [-0.1, -0.05) is 25.0 Å². The minimum absolute atomic E-state index is 0.535. The van der Waals surface area contributed by atoms with Gasteiger partial charge in [-0.3, -0.25) is 0 Å². The Morgan fingerprint density at radius 3 is 3.00 bits per heavy atom. The summed E-state index contributed by atoms with van der Waals surface area (Å²) < 4.78 is 5.86. The largest absolute Gasteiger partial charge is 0.377 e. The van der Waals surface area contributed by atoms with E-state index in [-0.39, 0.29) is 0 Å². The average Bonchev–Trinajstić information content (AvgIpc) is 3.09. The molecule has 0 spiro atoms. The van der Waals surface area contributed by atoms with E-state index in [4.69, 9.17) is 4.74 Å². The van der Waals surface area contributed by atoms with E-state index in [1.807, 2.05) is 0 Å². The number of benzene rings is 1. The highest BCUT2D eigenvalue weighted by atomic mass is 16.5. The molecule has 1 aromatic carbocycles. The lowest BCUT2D eigenvalue weighted by atomic mass is 10.1. The zero-order chi connectivity index (χ0) is 13.8. The number of rotatable bonds is 6. The van der Waals surface area contributed by atoms with Crippen LogP contribution in [0, 0.1) is 0 Å². The Morgan fingerprint density at radius 1 is 1.30 bits per heavy atom. The molecule has 1 saturated carbocycles. The summed E-state index contributed by atoms with van der Waals surface area (Å²) in [7, 11) is 2.17. The first-order valence-corrected chi connectivity index (χ1v) is 7.98. The van der Waals surface area contributed by atoms with Crippen LogP contribution in [0.2, 0.25) is 0 Å². The van der Waals surface area contributed by atoms with Crippen molar-refractivity contribution in [3.63, 3.8) is 0 Å². The van der Waals surface area contributed by atoms with Crippen molar-refractivity contribution >= 4 is 5.69 Å². The molecular formula is C17H26N2O. The Kier molecular flexibility index (Phi) is 4.58. The molecule has 0 aromatic heterocycles. The van der Waals surface area contributed by atoms with Crippen molar-refractivity contribution in [1.82, 2.24) is 5.32 Å². The maximum absolute atomic E-state index is 5.86. The van der Waals surface area contributed by atoms with E-state index in [9.17, 15) is 0 Å². The van der Waals surface area contributed by atoms with E-state index in [2.05, 4.69) is 35.5 Å². The predicted molar refractivity (Wildman–Crippen MR) is 83.3 cm³/mol. The van der Waals surface area contributed by atoms with Crippen LogP contribution in [0.15, 0.2) is 18.2 Å². The van der Waals surface area contributed by atoms with Crippen LogP contribution < -0.4 is 10.2 Å². The molecule has 1 heterocycles. The lowest BCUT2D eigenvalue weighted by Gasteiger charge is -2.13. The molecule has 0 atom stereocenters. The highest BCUT2D eigenvalue weighted by Crippen LogP contribution is 2.27. The molecule has 1 aliphatic heterocycles. The highest BCUT2D eigenvalue weighted by molar-refractivity contribution is 5.58. The van der Waals surface area contributed by atoms with Crippen molar-refractivity contribution in [2.24, 2.45) is 0 Å². The van der Waals surface area contributed by atoms with Gasteiger partial charge >= 0.3 is 0 Å². The number of fused-ring (bicyclic) bond motifs is 1. The molecule has 1 N–H and O–H groups in total. The third-order valence-electron chi connectivity index (χ3n) is 4.54. The van der Waals surface area contributed by atoms with Crippen LogP contribution in [0.4, 0.5) is 5.69 Å². The Balaban J connectivity index is 1.38. The van der Waals surface area contributed by atoms with Gasteiger partial charge in [0, 0.05) is 32.4 Å². The third kappa shape index (κ3) is 3.33. The van der Waals surface area contributed by atoms with E-state index in [0.717, 1.165) is 26.2 Å². The smallest absolute Gasteiger partial charge is 0.0594 e. The van der Waals surface area contributed by atoms with Crippen molar-refractivity contribution < 1.29 is 4.74 Å². The highest BCUT2D eigenvalue weighted by Gasteiger charge is 2.16. The first-order valence-electron chi connectivity index (χ1n) is 7.98. The number of anilines is 1. The van der Waals surface area contributed by atoms with Gasteiger partial charge in [-0.25, -0.2) is 0 Å². The minimum Gasteiger partial charge on any atom is -0.377 e. The number of nitrogens with zero attached hydrogens (tertiary/aromatic N) is 1. The summed E-state index contributed by atoms with van der Waals surface area (Å²) in [6, 6.07) is 6.85. The summed E-state index contributed by atoms with van der Waals surface area (Å²) in [5.41, 5.74) is 4.28. The molecule has 3 nitrogen and oxygen atoms in total. The maximum Gasteiger partial charge on any atom is 0.0594 e. The van der Waals surface area contributed by atoms with Gasteiger partial charge in [0.05, 0.1) is 12.7 Å². The van der Waals surface area contributed by atoms with Gasteiger partial charge in [0.1, 0.15) is 0 Å². The van der Waals surface area contributed by atoms with E-state index >= 15 is 0 Å². The number of ether oxygens (including phenoxy) is 1. The van der Waals surface area contributed by atoms with Crippen LogP contribution in [-0.4, -0.2) is 32.8 Å². The first kappa shape index (κ1) is 13.9. The van der Waals surface area contributed by atoms with Crippen molar-refractivity contribution in [2.75, 3.05) is 31.6 Å². The molecule has 3 rings (SSSR count). The van der Waals surface area contributed by atoms with E-state index in [0.29, 0.717) is 6.10 Å². The Labute approximate surface area is 122 Å². The number of hydrogen-bond donors (Lipinski definition) is 1. The second-order valence-corrected chi connectivity index (χ2v) is 6.09. The lowest BCUT2D eigenvalue weighted by Crippen LogP contribution is -2.21. The topological polar surface area (TPSA) is 24.5 Å². The Morgan fingerprint density at radius 2 is 2.15 bits per heavy atom. The van der Waals surface area contributed by atoms with Crippen molar-refractivity contribution in [3.8, 4) is 0 Å². The molecule has 0 radical (unpaired) electrons. The normalized spacial score (nSPS) is 18.8. The zero-order valence-electron chi connectivity index (χ0n) is 12.5. The van der Waals surface area contributed by atoms with Crippen molar-refractivity contribution in [3.05, 3.63) is 29.3 Å². The summed E-state index contributed by atoms with van der Waals surface area (Å²) in [5.74, 6) is 0. The van der Waals surface area contributed by atoms with Crippen LogP contribution in [-0.2, 0) is 17.7 Å². The SMILES string of the molecule is CN1CCc2cc(CNCCOC3CCCC3)ccc21. The molecule has 2 aliphatic rings. The summed E-state index contributed by atoms with van der Waals surface area (Å²) in [6.45, 7) is 3.90. The summed E-state index contributed by atoms with van der Waals surface area (Å²) >= 11 is 0. The second-order valence-electron chi connectivity index (χ2n) is 6.09. The fourth-order valence-electron chi connectivity index (χ4n) is 3.32. The molecule has 0 bridgehead atoms. The van der Waals surface area contributed by atoms with Gasteiger partial charge in [0.25, 0.3) is 0 Å². The van der Waals surface area contributed by atoms with E-state index in [1.165, 1.54) is 48.9 Å². The molecular weight excluding hydrogens is 248 g/mol. The summed E-state index contributed by atoms with van der Waals surface area (Å²) in [5, 5.41) is 3.49. The Bertz CT molecular complexity index is 441. The predicted octanol–water partition coefficient (Wildman–Crippen LogP) is 2.73. The van der Waals surface area contributed by atoms with Gasteiger partial charge in [-0.2, -0.15) is 0 Å². The molecule has 110 valence electrons. The monoisotopic (exact) mass is 274 g/mol. The van der Waals surface area contributed by atoms with Crippen LogP contribution in [0.3, 0.4) is 0 Å². The van der Waals surface area contributed by atoms with Crippen LogP contribution in [0.25, 0.3) is 0 Å². The summed E-state index contributed by atoms with van der Waals surface area (Å²) in [6.07, 6.45) is 6.94. The fraction of sp³-hybridized carbons (Fsp3) is 0.647. The lowest BCUT2D eigenvalue weighted by molar-refractivity contribution is 0.0603. The van der Waals surface area contributed by atoms with Gasteiger partial charge in [0.15, 0.2) is 0 Å². The molecule has 20 heavy (non-hydrogen) atoms. The average molecular weight is 274 g/mol. The standard InChI is InChI=1S/C17H26N2O/c1-19-10-8-15-12-14(6-7-17(15)19)13-18-9-11-20-16-4-2-3-5-16/h6-7,12,16,18H,2-5,8-11,13H2,1H3. The minimum atomic E-state index is 0.535. The van der Waals surface area contributed by atoms with E-state index < -0.39 is 0 Å². The van der Waals surface area contributed by atoms with Crippen molar-refractivity contribution in [1.29, 1.82) is 0 Å². The molecule has 3 heteroatoms. The van der Waals surface area contributed by atoms with Gasteiger partial charge < -0.3 is 15.0 Å². The quantitative estimate of drug-likeness (QED) is 0.807. The van der Waals surface area contributed by atoms with E-state index in [1.54, 1.807) is 0 Å². The Hall–Kier alpha value is -1.06. The molecule has 0 unspecified atom stereocenters. The molecule has 0 amide bonds. The number of likely N-dealkylation sites (N-methyl/N-ethyl adjacent to an activating group) is 1. The molecule has 0 saturated heterocycles. The van der Waals surface area contributed by atoms with Crippen LogP contribution >= 0.6 is 0 Å². The number of hydrogen-bond acceptors (Lipinski definition) is 3. The number of nitrogens with one attached hydrogen (secondary N) is 1. The first-order chi connectivity index (χ1) is 9.83. The van der Waals surface area contributed by atoms with Gasteiger partial charge in [0.2, 0.25) is 0 Å². The van der Waals surface area contributed by atoms with Gasteiger partial charge in [-0.05, 0) is 36.5 Å². The van der Waals surface area contributed by atoms with Crippen LogP contribution in [0.5, 0.6) is 0 Å². The van der Waals surface area contributed by atoms with Crippen LogP contribution in [0.1, 0.15) is 36.8 Å². The molecule has 1 aromatic rings.